The van der Waals surface area contributed by atoms with Gasteiger partial charge in [-0.2, -0.15) is 0 Å². The molecule has 1 aromatic carbocycles. The van der Waals surface area contributed by atoms with E-state index in [1.54, 1.807) is 12.1 Å². The number of hydrogen-bond donors (Lipinski definition) is 1. The van der Waals surface area contributed by atoms with Crippen molar-refractivity contribution in [3.05, 3.63) is 29.8 Å². The van der Waals surface area contributed by atoms with Gasteiger partial charge in [0.2, 0.25) is 0 Å². The van der Waals surface area contributed by atoms with E-state index in [1.165, 1.54) is 19.1 Å². The Morgan fingerprint density at radius 1 is 1.46 bits per heavy atom. The van der Waals surface area contributed by atoms with Gasteiger partial charge in [-0.25, -0.2) is 0 Å². The minimum Gasteiger partial charge on any atom is -0.507 e. The third kappa shape index (κ3) is 4.28. The summed E-state index contributed by atoms with van der Waals surface area (Å²) in [6.07, 6.45) is 0.750. The van der Waals surface area contributed by atoms with E-state index in [0.29, 0.717) is 0 Å². The molecule has 1 N–H and O–H groups in total. The van der Waals surface area contributed by atoms with Crippen LogP contribution in [0, 0.1) is 0 Å². The molecule has 70 valence electrons. The molecule has 1 aromatic rings. The Morgan fingerprint density at radius 3 is 2.23 bits per heavy atom. The predicted octanol–water partition coefficient (Wildman–Crippen LogP) is 1.98. The first-order valence-electron chi connectivity index (χ1n) is 3.51. The zero-order valence-electron chi connectivity index (χ0n) is 7.03. The number of para-hydroxylation sites is 1. The normalized spacial score (nSPS) is 8.15. The summed E-state index contributed by atoms with van der Waals surface area (Å²) in [6, 6.07) is 6.13. The van der Waals surface area contributed by atoms with E-state index in [9.17, 15) is 4.79 Å². The van der Waals surface area contributed by atoms with E-state index in [-0.39, 0.29) is 11.3 Å². The van der Waals surface area contributed by atoms with E-state index in [2.05, 4.69) is 0 Å². The average molecular weight is 201 g/mol. The molecule has 0 bridgehead atoms. The molecule has 0 atom stereocenters. The minimum atomic E-state index is -0.641. The van der Waals surface area contributed by atoms with E-state index >= 15 is 0 Å². The summed E-state index contributed by atoms with van der Waals surface area (Å²) in [6.45, 7) is 1.44. The van der Waals surface area contributed by atoms with Crippen LogP contribution in [-0.4, -0.2) is 16.6 Å². The molecule has 0 amide bonds. The zero-order valence-corrected chi connectivity index (χ0v) is 7.78. The van der Waals surface area contributed by atoms with Crippen molar-refractivity contribution < 1.29 is 14.7 Å². The van der Waals surface area contributed by atoms with Crippen molar-refractivity contribution in [3.8, 4) is 5.75 Å². The number of benzene rings is 1. The highest BCUT2D eigenvalue weighted by molar-refractivity contribution is 6.68. The maximum absolute atomic E-state index is 10.5. The molecule has 13 heavy (non-hydrogen) atoms. The second-order valence-corrected chi connectivity index (χ2v) is 2.37. The lowest BCUT2D eigenvalue weighted by Crippen LogP contribution is -1.87. The van der Waals surface area contributed by atoms with Gasteiger partial charge in [-0.1, -0.05) is 12.1 Å². The van der Waals surface area contributed by atoms with Gasteiger partial charge in [-0.05, 0) is 30.7 Å². The number of rotatable bonds is 1. The highest BCUT2D eigenvalue weighted by Crippen LogP contribution is 2.16. The third-order valence-electron chi connectivity index (χ3n) is 1.12. The first kappa shape index (κ1) is 11.6. The van der Waals surface area contributed by atoms with E-state index < -0.39 is 5.24 Å². The molecule has 0 aliphatic carbocycles. The Kier molecular flexibility index (Phi) is 5.55. The lowest BCUT2D eigenvalue weighted by Gasteiger charge is -1.94. The fourth-order valence-electron chi connectivity index (χ4n) is 0.640. The highest BCUT2D eigenvalue weighted by atomic mass is 35.5. The summed E-state index contributed by atoms with van der Waals surface area (Å²) in [4.78, 5) is 19.3. The summed E-state index contributed by atoms with van der Waals surface area (Å²) in [7, 11) is 0. The molecular weight excluding hydrogens is 192 g/mol. The van der Waals surface area contributed by atoms with Crippen LogP contribution in [0.25, 0.3) is 0 Å². The van der Waals surface area contributed by atoms with Crippen LogP contribution in [0.5, 0.6) is 5.75 Å². The van der Waals surface area contributed by atoms with Crippen LogP contribution in [0.1, 0.15) is 17.3 Å². The average Bonchev–Trinajstić information content (AvgIpc) is 2.06. The van der Waals surface area contributed by atoms with Crippen molar-refractivity contribution >= 4 is 23.1 Å². The number of aromatic hydroxyl groups is 1. The number of halogens is 1. The van der Waals surface area contributed by atoms with Gasteiger partial charge in [-0.3, -0.25) is 4.79 Å². The molecule has 0 spiro atoms. The molecule has 0 fully saturated rings. The second kappa shape index (κ2) is 6.20. The van der Waals surface area contributed by atoms with E-state index in [1.807, 2.05) is 0 Å². The molecule has 4 heteroatoms. The number of aldehydes is 1. The van der Waals surface area contributed by atoms with Crippen LogP contribution in [0.15, 0.2) is 24.3 Å². The van der Waals surface area contributed by atoms with Gasteiger partial charge in [0.25, 0.3) is 5.24 Å². The Hall–Kier alpha value is -1.35. The molecule has 0 saturated carbocycles. The SMILES string of the molecule is CC=O.O=C(Cl)c1ccccc1O. The maximum atomic E-state index is 10.5. The van der Waals surface area contributed by atoms with Gasteiger partial charge >= 0.3 is 0 Å². The van der Waals surface area contributed by atoms with Gasteiger partial charge in [0, 0.05) is 0 Å². The van der Waals surface area contributed by atoms with Crippen molar-refractivity contribution in [2.24, 2.45) is 0 Å². The molecule has 0 aliphatic rings. The summed E-state index contributed by atoms with van der Waals surface area (Å²) < 4.78 is 0. The second-order valence-electron chi connectivity index (χ2n) is 2.03. The number of carbonyl (C=O) groups excluding carboxylic acids is 2. The van der Waals surface area contributed by atoms with Gasteiger partial charge in [-0.15, -0.1) is 0 Å². The molecule has 3 nitrogen and oxygen atoms in total. The van der Waals surface area contributed by atoms with Crippen molar-refractivity contribution in [1.82, 2.24) is 0 Å². The molecule has 0 radical (unpaired) electrons. The van der Waals surface area contributed by atoms with Gasteiger partial charge in [0.05, 0.1) is 5.56 Å². The van der Waals surface area contributed by atoms with Crippen LogP contribution in [0.3, 0.4) is 0 Å². The fourth-order valence-corrected chi connectivity index (χ4v) is 0.800. The number of hydrogen-bond acceptors (Lipinski definition) is 3. The molecular formula is C9H9ClO3. The minimum absolute atomic E-state index is 0.0810. The first-order chi connectivity index (χ1) is 6.13. The van der Waals surface area contributed by atoms with Gasteiger partial charge in [0.15, 0.2) is 0 Å². The van der Waals surface area contributed by atoms with Gasteiger partial charge in [0.1, 0.15) is 12.0 Å². The topological polar surface area (TPSA) is 54.4 Å². The van der Waals surface area contributed by atoms with Crippen LogP contribution in [-0.2, 0) is 4.79 Å². The Balaban J connectivity index is 0.000000424. The lowest BCUT2D eigenvalue weighted by molar-refractivity contribution is -0.106. The third-order valence-corrected chi connectivity index (χ3v) is 1.32. The Bertz CT molecular complexity index is 297. The highest BCUT2D eigenvalue weighted by Gasteiger charge is 2.04. The van der Waals surface area contributed by atoms with Crippen LogP contribution in [0.2, 0.25) is 0 Å². The number of carbonyl (C=O) groups is 2. The molecule has 1 rings (SSSR count). The predicted molar refractivity (Wildman–Crippen MR) is 50.0 cm³/mol. The molecule has 0 unspecified atom stereocenters. The largest absolute Gasteiger partial charge is 0.507 e. The summed E-state index contributed by atoms with van der Waals surface area (Å²) in [5.74, 6) is -0.0810. The van der Waals surface area contributed by atoms with Crippen LogP contribution >= 0.6 is 11.6 Å². The fraction of sp³-hybridized carbons (Fsp3) is 0.111. The van der Waals surface area contributed by atoms with E-state index in [0.717, 1.165) is 6.29 Å². The summed E-state index contributed by atoms with van der Waals surface area (Å²) in [5.41, 5.74) is 0.143. The quantitative estimate of drug-likeness (QED) is 0.557. The molecule has 0 heterocycles. The maximum Gasteiger partial charge on any atom is 0.256 e. The van der Waals surface area contributed by atoms with Crippen molar-refractivity contribution in [2.75, 3.05) is 0 Å². The zero-order chi connectivity index (χ0) is 10.3. The van der Waals surface area contributed by atoms with Crippen LogP contribution < -0.4 is 0 Å². The standard InChI is InChI=1S/C7H5ClO2.C2H4O/c8-7(10)5-3-1-2-4-6(5)9;1-2-3/h1-4,9H;2H,1H3. The Morgan fingerprint density at radius 2 is 1.92 bits per heavy atom. The number of phenolic OH excluding ortho intramolecular Hbond substituents is 1. The monoisotopic (exact) mass is 200 g/mol. The smallest absolute Gasteiger partial charge is 0.256 e. The van der Waals surface area contributed by atoms with Crippen molar-refractivity contribution in [3.63, 3.8) is 0 Å². The van der Waals surface area contributed by atoms with Gasteiger partial charge < -0.3 is 9.90 Å². The lowest BCUT2D eigenvalue weighted by atomic mass is 10.2. The number of phenols is 1. The van der Waals surface area contributed by atoms with Crippen molar-refractivity contribution in [1.29, 1.82) is 0 Å². The Labute approximate surface area is 81.0 Å². The van der Waals surface area contributed by atoms with Crippen molar-refractivity contribution in [2.45, 2.75) is 6.92 Å². The van der Waals surface area contributed by atoms with E-state index in [4.69, 9.17) is 21.5 Å². The molecule has 0 saturated heterocycles. The summed E-state index contributed by atoms with van der Waals surface area (Å²) in [5, 5.41) is 8.33. The van der Waals surface area contributed by atoms with Crippen LogP contribution in [0.4, 0.5) is 0 Å². The first-order valence-corrected chi connectivity index (χ1v) is 3.89. The molecule has 0 aromatic heterocycles. The summed E-state index contributed by atoms with van der Waals surface area (Å²) >= 11 is 5.11. The molecule has 0 aliphatic heterocycles.